The number of hydrogen-bond donors (Lipinski definition) is 2. The van der Waals surface area contributed by atoms with Crippen LogP contribution < -0.4 is 10.1 Å². The van der Waals surface area contributed by atoms with Crippen molar-refractivity contribution in [2.75, 3.05) is 6.54 Å². The van der Waals surface area contributed by atoms with Gasteiger partial charge in [0, 0.05) is 18.7 Å². The summed E-state index contributed by atoms with van der Waals surface area (Å²) < 4.78 is 11.0. The highest BCUT2D eigenvalue weighted by molar-refractivity contribution is 6.30. The minimum absolute atomic E-state index is 0.0443. The first-order valence-electron chi connectivity index (χ1n) is 9.98. The van der Waals surface area contributed by atoms with Gasteiger partial charge in [-0.25, -0.2) is 14.6 Å². The predicted octanol–water partition coefficient (Wildman–Crippen LogP) is 3.11. The summed E-state index contributed by atoms with van der Waals surface area (Å²) in [6, 6.07) is 1.10. The third-order valence-electron chi connectivity index (χ3n) is 4.59. The first-order valence-corrected chi connectivity index (χ1v) is 10.4. The fourth-order valence-corrected chi connectivity index (χ4v) is 3.31. The number of amides is 2. The van der Waals surface area contributed by atoms with Gasteiger partial charge in [-0.1, -0.05) is 32.4 Å². The average molecular weight is 456 g/mol. The number of pyridine rings is 1. The molecule has 1 aromatic heterocycles. The Labute approximate surface area is 187 Å². The largest absolute Gasteiger partial charge is 0.480 e. The van der Waals surface area contributed by atoms with Crippen LogP contribution in [0, 0.1) is 5.41 Å². The molecule has 1 aliphatic rings. The summed E-state index contributed by atoms with van der Waals surface area (Å²) in [7, 11) is 0. The van der Waals surface area contributed by atoms with Gasteiger partial charge in [0.15, 0.2) is 0 Å². The minimum Gasteiger partial charge on any atom is -0.480 e. The smallest absolute Gasteiger partial charge is 0.408 e. The lowest BCUT2D eigenvalue weighted by atomic mass is 9.85. The average Bonchev–Trinajstić information content (AvgIpc) is 3.03. The Balaban J connectivity index is 2.19. The summed E-state index contributed by atoms with van der Waals surface area (Å²) in [5.41, 5.74) is -1.43. The van der Waals surface area contributed by atoms with Crippen LogP contribution in [0.15, 0.2) is 18.3 Å². The number of nitrogens with zero attached hydrogens (tertiary/aromatic N) is 2. The van der Waals surface area contributed by atoms with Crippen molar-refractivity contribution in [2.45, 2.75) is 71.8 Å². The summed E-state index contributed by atoms with van der Waals surface area (Å²) in [6.45, 7) is 10.5. The Hall–Kier alpha value is -2.55. The Bertz CT molecular complexity index is 816. The molecule has 172 valence electrons. The van der Waals surface area contributed by atoms with E-state index in [2.05, 4.69) is 10.3 Å². The maximum absolute atomic E-state index is 13.4. The number of carboxylic acids is 1. The molecule has 0 aliphatic carbocycles. The second kappa shape index (κ2) is 9.30. The standard InChI is InChI=1S/C21H30ClN3O6/c1-20(2,3)16(24-19(29)31-21(4,5)6)17(26)25-11-13(9-14(25)18(27)28)30-15-8-7-12(22)10-23-15/h7-8,10,13-14,16H,9,11H2,1-6H3,(H,24,29)(H,27,28)/t13-,14?,16-/m1/s1. The third-order valence-corrected chi connectivity index (χ3v) is 4.82. The zero-order valence-electron chi connectivity index (χ0n) is 18.6. The van der Waals surface area contributed by atoms with E-state index in [1.54, 1.807) is 53.7 Å². The number of nitrogens with one attached hydrogen (secondary N) is 1. The van der Waals surface area contributed by atoms with E-state index in [4.69, 9.17) is 21.1 Å². The number of carboxylic acid groups (broad SMARTS) is 1. The molecule has 0 bridgehead atoms. The Morgan fingerprint density at radius 2 is 1.87 bits per heavy atom. The van der Waals surface area contributed by atoms with Gasteiger partial charge in [-0.15, -0.1) is 0 Å². The SMILES string of the molecule is CC(C)(C)OC(=O)N[C@H](C(=O)N1C[C@H](Oc2ccc(Cl)cn2)CC1C(=O)O)C(C)(C)C. The summed E-state index contributed by atoms with van der Waals surface area (Å²) in [5, 5.41) is 12.7. The van der Waals surface area contributed by atoms with Gasteiger partial charge in [-0.3, -0.25) is 4.79 Å². The zero-order valence-corrected chi connectivity index (χ0v) is 19.4. The number of aromatic nitrogens is 1. The van der Waals surface area contributed by atoms with E-state index in [9.17, 15) is 19.5 Å². The first kappa shape index (κ1) is 24.7. The molecule has 1 aromatic rings. The van der Waals surface area contributed by atoms with Crippen LogP contribution in [-0.2, 0) is 14.3 Å². The lowest BCUT2D eigenvalue weighted by Crippen LogP contribution is -2.57. The van der Waals surface area contributed by atoms with E-state index in [0.717, 1.165) is 0 Å². The van der Waals surface area contributed by atoms with E-state index >= 15 is 0 Å². The van der Waals surface area contributed by atoms with Crippen molar-refractivity contribution >= 4 is 29.6 Å². The molecule has 1 aliphatic heterocycles. The molecule has 31 heavy (non-hydrogen) atoms. The van der Waals surface area contributed by atoms with Gasteiger partial charge < -0.3 is 24.8 Å². The molecule has 1 saturated heterocycles. The number of halogens is 1. The van der Waals surface area contributed by atoms with Crippen molar-refractivity contribution in [3.63, 3.8) is 0 Å². The predicted molar refractivity (Wildman–Crippen MR) is 114 cm³/mol. The van der Waals surface area contributed by atoms with Crippen LogP contribution in [0.5, 0.6) is 5.88 Å². The van der Waals surface area contributed by atoms with Crippen LogP contribution in [0.3, 0.4) is 0 Å². The molecular weight excluding hydrogens is 426 g/mol. The van der Waals surface area contributed by atoms with Gasteiger partial charge in [0.1, 0.15) is 23.8 Å². The van der Waals surface area contributed by atoms with Crippen LogP contribution in [0.1, 0.15) is 48.0 Å². The number of ether oxygens (including phenoxy) is 2. The molecule has 0 aromatic carbocycles. The van der Waals surface area contributed by atoms with Crippen molar-refractivity contribution in [1.29, 1.82) is 0 Å². The zero-order chi connectivity index (χ0) is 23.6. The minimum atomic E-state index is -1.14. The highest BCUT2D eigenvalue weighted by Gasteiger charge is 2.46. The Morgan fingerprint density at radius 3 is 2.35 bits per heavy atom. The molecular formula is C21H30ClN3O6. The molecule has 2 N–H and O–H groups in total. The van der Waals surface area contributed by atoms with Crippen LogP contribution in [0.2, 0.25) is 5.02 Å². The molecule has 0 spiro atoms. The van der Waals surface area contributed by atoms with E-state index in [1.807, 2.05) is 0 Å². The molecule has 3 atom stereocenters. The van der Waals surface area contributed by atoms with Crippen molar-refractivity contribution < 1.29 is 29.0 Å². The number of carbonyl (C=O) groups is 3. The molecule has 2 amide bonds. The number of carbonyl (C=O) groups excluding carboxylic acids is 2. The maximum atomic E-state index is 13.4. The first-order chi connectivity index (χ1) is 14.2. The molecule has 2 heterocycles. The third kappa shape index (κ3) is 6.99. The lowest BCUT2D eigenvalue weighted by molar-refractivity contribution is -0.150. The molecule has 10 heteroatoms. The van der Waals surface area contributed by atoms with Crippen LogP contribution in [0.25, 0.3) is 0 Å². The maximum Gasteiger partial charge on any atom is 0.408 e. The highest BCUT2D eigenvalue weighted by Crippen LogP contribution is 2.28. The van der Waals surface area contributed by atoms with Crippen LogP contribution in [-0.4, -0.2) is 63.3 Å². The van der Waals surface area contributed by atoms with E-state index in [0.29, 0.717) is 5.02 Å². The van der Waals surface area contributed by atoms with Crippen LogP contribution >= 0.6 is 11.6 Å². The Kier molecular flexibility index (Phi) is 7.41. The molecule has 0 radical (unpaired) electrons. The normalized spacial score (nSPS) is 20.2. The quantitative estimate of drug-likeness (QED) is 0.700. The molecule has 1 fully saturated rings. The fourth-order valence-electron chi connectivity index (χ4n) is 3.20. The number of hydrogen-bond acceptors (Lipinski definition) is 6. The second-order valence-corrected chi connectivity index (χ2v) is 10.0. The fraction of sp³-hybridized carbons (Fsp3) is 0.619. The van der Waals surface area contributed by atoms with E-state index in [-0.39, 0.29) is 18.8 Å². The van der Waals surface area contributed by atoms with Gasteiger partial charge in [-0.05, 0) is 32.3 Å². The van der Waals surface area contributed by atoms with Crippen molar-refractivity contribution in [3.8, 4) is 5.88 Å². The number of likely N-dealkylation sites (tertiary alicyclic amines) is 1. The van der Waals surface area contributed by atoms with Crippen molar-refractivity contribution in [1.82, 2.24) is 15.2 Å². The number of alkyl carbamates (subject to hydrolysis) is 1. The van der Waals surface area contributed by atoms with Gasteiger partial charge in [0.2, 0.25) is 11.8 Å². The highest BCUT2D eigenvalue weighted by atomic mass is 35.5. The van der Waals surface area contributed by atoms with E-state index < -0.39 is 47.2 Å². The number of rotatable bonds is 5. The lowest BCUT2D eigenvalue weighted by Gasteiger charge is -2.35. The Morgan fingerprint density at radius 1 is 1.23 bits per heavy atom. The molecule has 1 unspecified atom stereocenters. The monoisotopic (exact) mass is 455 g/mol. The summed E-state index contributed by atoms with van der Waals surface area (Å²) in [6.07, 6.45) is 0.198. The van der Waals surface area contributed by atoms with Crippen molar-refractivity contribution in [2.24, 2.45) is 5.41 Å². The molecule has 2 rings (SSSR count). The second-order valence-electron chi connectivity index (χ2n) is 9.58. The van der Waals surface area contributed by atoms with Gasteiger partial charge in [-0.2, -0.15) is 0 Å². The van der Waals surface area contributed by atoms with Crippen molar-refractivity contribution in [3.05, 3.63) is 23.4 Å². The summed E-state index contributed by atoms with van der Waals surface area (Å²) >= 11 is 5.82. The van der Waals surface area contributed by atoms with Gasteiger partial charge in [0.25, 0.3) is 0 Å². The van der Waals surface area contributed by atoms with Gasteiger partial charge in [0.05, 0.1) is 11.6 Å². The topological polar surface area (TPSA) is 118 Å². The molecule has 9 nitrogen and oxygen atoms in total. The van der Waals surface area contributed by atoms with Crippen LogP contribution in [0.4, 0.5) is 4.79 Å². The number of aliphatic carboxylic acids is 1. The summed E-state index contributed by atoms with van der Waals surface area (Å²) in [5.74, 6) is -1.37. The molecule has 0 saturated carbocycles. The summed E-state index contributed by atoms with van der Waals surface area (Å²) in [4.78, 5) is 42.8. The van der Waals surface area contributed by atoms with E-state index in [1.165, 1.54) is 11.1 Å². The van der Waals surface area contributed by atoms with Gasteiger partial charge >= 0.3 is 12.1 Å².